The second-order valence-corrected chi connectivity index (χ2v) is 6.76. The molecular weight excluding hydrogens is 383 g/mol. The zero-order valence-electron chi connectivity index (χ0n) is 16.2. The lowest BCUT2D eigenvalue weighted by atomic mass is 10.0. The van der Waals surface area contributed by atoms with E-state index in [9.17, 15) is 18.0 Å². The largest absolute Gasteiger partial charge is 0.493 e. The number of benzene rings is 2. The van der Waals surface area contributed by atoms with Crippen LogP contribution < -0.4 is 9.47 Å². The molecule has 2 aromatic carbocycles. The summed E-state index contributed by atoms with van der Waals surface area (Å²) >= 11 is 0. The molecule has 4 nitrogen and oxygen atoms in total. The molecule has 1 aliphatic heterocycles. The predicted octanol–water partition coefficient (Wildman–Crippen LogP) is 5.10. The number of nitrogens with zero attached hydrogens (tertiary/aromatic N) is 1. The zero-order valence-corrected chi connectivity index (χ0v) is 16.2. The normalized spacial score (nSPS) is 17.0. The van der Waals surface area contributed by atoms with Crippen LogP contribution in [-0.2, 0) is 11.0 Å². The fourth-order valence-electron chi connectivity index (χ4n) is 3.52. The quantitative estimate of drug-likeness (QED) is 0.650. The van der Waals surface area contributed by atoms with Crippen molar-refractivity contribution in [3.05, 3.63) is 65.2 Å². The lowest BCUT2D eigenvalue weighted by Crippen LogP contribution is -2.28. The molecule has 0 aromatic heterocycles. The van der Waals surface area contributed by atoms with Crippen molar-refractivity contribution in [3.63, 3.8) is 0 Å². The SMILES string of the molecule is COc1ccc(C2CCCN2C(=O)/C=C/c2cccc(C(F)(F)F)c2)cc1OC. The van der Waals surface area contributed by atoms with Gasteiger partial charge in [-0.2, -0.15) is 13.2 Å². The monoisotopic (exact) mass is 405 g/mol. The van der Waals surface area contributed by atoms with Gasteiger partial charge in [0.2, 0.25) is 5.91 Å². The summed E-state index contributed by atoms with van der Waals surface area (Å²) in [7, 11) is 3.11. The fourth-order valence-corrected chi connectivity index (χ4v) is 3.52. The van der Waals surface area contributed by atoms with Crippen molar-refractivity contribution in [3.8, 4) is 11.5 Å². The Labute approximate surface area is 167 Å². The lowest BCUT2D eigenvalue weighted by Gasteiger charge is -2.24. The van der Waals surface area contributed by atoms with Crippen LogP contribution in [0.2, 0.25) is 0 Å². The molecule has 2 aromatic rings. The van der Waals surface area contributed by atoms with Gasteiger partial charge in [-0.05, 0) is 54.3 Å². The van der Waals surface area contributed by atoms with E-state index in [2.05, 4.69) is 0 Å². The van der Waals surface area contributed by atoms with E-state index in [4.69, 9.17) is 9.47 Å². The smallest absolute Gasteiger partial charge is 0.416 e. The van der Waals surface area contributed by atoms with E-state index in [-0.39, 0.29) is 11.9 Å². The standard InChI is InChI=1S/C22H22F3NO3/c1-28-19-10-9-16(14-20(19)29-2)18-7-4-12-26(18)21(27)11-8-15-5-3-6-17(13-15)22(23,24)25/h3,5-6,8-11,13-14,18H,4,7,12H2,1-2H3/b11-8+. The van der Waals surface area contributed by atoms with Gasteiger partial charge in [-0.15, -0.1) is 0 Å². The first-order valence-corrected chi connectivity index (χ1v) is 9.21. The lowest BCUT2D eigenvalue weighted by molar-refractivity contribution is -0.137. The molecule has 1 saturated heterocycles. The van der Waals surface area contributed by atoms with Gasteiger partial charge in [-0.25, -0.2) is 0 Å². The van der Waals surface area contributed by atoms with E-state index in [1.165, 1.54) is 24.3 Å². The second-order valence-electron chi connectivity index (χ2n) is 6.76. The Balaban J connectivity index is 1.78. The minimum absolute atomic E-state index is 0.117. The van der Waals surface area contributed by atoms with Crippen molar-refractivity contribution < 1.29 is 27.4 Å². The highest BCUT2D eigenvalue weighted by Crippen LogP contribution is 2.37. The van der Waals surface area contributed by atoms with Gasteiger partial charge in [0, 0.05) is 12.6 Å². The number of ether oxygens (including phenoxy) is 2. The van der Waals surface area contributed by atoms with Gasteiger partial charge in [-0.3, -0.25) is 4.79 Å². The molecule has 0 saturated carbocycles. The Kier molecular flexibility index (Phi) is 6.15. The molecule has 1 heterocycles. The molecule has 7 heteroatoms. The van der Waals surface area contributed by atoms with Crippen molar-refractivity contribution >= 4 is 12.0 Å². The molecule has 3 rings (SSSR count). The predicted molar refractivity (Wildman–Crippen MR) is 104 cm³/mol. The summed E-state index contributed by atoms with van der Waals surface area (Å²) in [6, 6.07) is 10.3. The van der Waals surface area contributed by atoms with Gasteiger partial charge in [0.05, 0.1) is 25.8 Å². The third-order valence-corrected chi connectivity index (χ3v) is 4.96. The highest BCUT2D eigenvalue weighted by molar-refractivity contribution is 5.92. The molecule has 1 fully saturated rings. The molecule has 154 valence electrons. The third-order valence-electron chi connectivity index (χ3n) is 4.96. The van der Waals surface area contributed by atoms with Crippen molar-refractivity contribution in [1.82, 2.24) is 4.90 Å². The Morgan fingerprint density at radius 3 is 2.55 bits per heavy atom. The number of amides is 1. The third kappa shape index (κ3) is 4.72. The molecule has 0 aliphatic carbocycles. The molecule has 1 unspecified atom stereocenters. The van der Waals surface area contributed by atoms with Crippen LogP contribution in [0.1, 0.15) is 35.6 Å². The van der Waals surface area contributed by atoms with E-state index >= 15 is 0 Å². The first-order chi connectivity index (χ1) is 13.8. The molecule has 0 spiro atoms. The van der Waals surface area contributed by atoms with E-state index in [0.29, 0.717) is 23.6 Å². The van der Waals surface area contributed by atoms with Crippen LogP contribution in [0.15, 0.2) is 48.5 Å². The van der Waals surface area contributed by atoms with Crippen LogP contribution in [0.4, 0.5) is 13.2 Å². The number of rotatable bonds is 5. The minimum Gasteiger partial charge on any atom is -0.493 e. The van der Waals surface area contributed by atoms with Crippen molar-refractivity contribution in [2.45, 2.75) is 25.1 Å². The van der Waals surface area contributed by atoms with Gasteiger partial charge in [0.1, 0.15) is 0 Å². The summed E-state index contributed by atoms with van der Waals surface area (Å²) < 4.78 is 49.1. The van der Waals surface area contributed by atoms with Gasteiger partial charge in [-0.1, -0.05) is 18.2 Å². The van der Waals surface area contributed by atoms with Gasteiger partial charge in [0.25, 0.3) is 0 Å². The highest BCUT2D eigenvalue weighted by atomic mass is 19.4. The number of hydrogen-bond donors (Lipinski definition) is 0. The van der Waals surface area contributed by atoms with Gasteiger partial charge in [0.15, 0.2) is 11.5 Å². The van der Waals surface area contributed by atoms with E-state index in [1.54, 1.807) is 25.2 Å². The minimum atomic E-state index is -4.42. The maximum absolute atomic E-state index is 12.8. The van der Waals surface area contributed by atoms with Crippen molar-refractivity contribution in [2.75, 3.05) is 20.8 Å². The number of methoxy groups -OCH3 is 2. The summed E-state index contributed by atoms with van der Waals surface area (Å²) in [6.07, 6.45) is -0.0157. The van der Waals surface area contributed by atoms with Crippen LogP contribution in [-0.4, -0.2) is 31.6 Å². The molecule has 1 aliphatic rings. The molecule has 29 heavy (non-hydrogen) atoms. The van der Waals surface area contributed by atoms with Crippen molar-refractivity contribution in [1.29, 1.82) is 0 Å². The number of carbonyl (C=O) groups excluding carboxylic acids is 1. The molecule has 0 N–H and O–H groups in total. The molecular formula is C22H22F3NO3. The Hall–Kier alpha value is -2.96. The number of likely N-dealkylation sites (tertiary alicyclic amines) is 1. The number of carbonyl (C=O) groups is 1. The molecule has 0 bridgehead atoms. The zero-order chi connectivity index (χ0) is 21.0. The fraction of sp³-hybridized carbons (Fsp3) is 0.318. The second kappa shape index (κ2) is 8.59. The van der Waals surface area contributed by atoms with Crippen molar-refractivity contribution in [2.24, 2.45) is 0 Å². The first kappa shape index (κ1) is 20.8. The average molecular weight is 405 g/mol. The van der Waals surface area contributed by atoms with E-state index in [1.807, 2.05) is 12.1 Å². The highest BCUT2D eigenvalue weighted by Gasteiger charge is 2.31. The van der Waals surface area contributed by atoms with Crippen LogP contribution in [0.25, 0.3) is 6.08 Å². The number of hydrogen-bond acceptors (Lipinski definition) is 3. The summed E-state index contributed by atoms with van der Waals surface area (Å²) in [5.41, 5.74) is 0.521. The summed E-state index contributed by atoms with van der Waals surface area (Å²) in [5.74, 6) is 0.958. The van der Waals surface area contributed by atoms with Crippen LogP contribution in [0, 0.1) is 0 Å². The van der Waals surface area contributed by atoms with E-state index < -0.39 is 11.7 Å². The molecule has 0 radical (unpaired) electrons. The summed E-state index contributed by atoms with van der Waals surface area (Å²) in [6.45, 7) is 0.588. The number of alkyl halides is 3. The van der Waals surface area contributed by atoms with Gasteiger partial charge < -0.3 is 14.4 Å². The first-order valence-electron chi connectivity index (χ1n) is 9.21. The maximum Gasteiger partial charge on any atom is 0.416 e. The molecule has 1 atom stereocenters. The van der Waals surface area contributed by atoms with Crippen LogP contribution in [0.3, 0.4) is 0 Å². The van der Waals surface area contributed by atoms with Gasteiger partial charge >= 0.3 is 6.18 Å². The Morgan fingerprint density at radius 2 is 1.86 bits per heavy atom. The number of halogens is 3. The molecule has 1 amide bonds. The summed E-state index contributed by atoms with van der Waals surface area (Å²) in [4.78, 5) is 14.5. The Bertz CT molecular complexity index is 908. The maximum atomic E-state index is 12.8. The van der Waals surface area contributed by atoms with Crippen LogP contribution >= 0.6 is 0 Å². The Morgan fingerprint density at radius 1 is 1.10 bits per heavy atom. The topological polar surface area (TPSA) is 38.8 Å². The van der Waals surface area contributed by atoms with E-state index in [0.717, 1.165) is 30.5 Å². The van der Waals surface area contributed by atoms with Crippen LogP contribution in [0.5, 0.6) is 11.5 Å². The average Bonchev–Trinajstić information content (AvgIpc) is 3.21. The summed E-state index contributed by atoms with van der Waals surface area (Å²) in [5, 5.41) is 0.